The van der Waals surface area contributed by atoms with Crippen molar-refractivity contribution in [3.63, 3.8) is 0 Å². The van der Waals surface area contributed by atoms with Crippen molar-refractivity contribution >= 4 is 38.7 Å². The highest BCUT2D eigenvalue weighted by Gasteiger charge is 2.33. The van der Waals surface area contributed by atoms with Crippen LogP contribution in [-0.4, -0.2) is 46.1 Å². The zero-order chi connectivity index (χ0) is 21.4. The molecule has 1 amide bonds. The number of amides is 1. The molecule has 2 saturated heterocycles. The van der Waals surface area contributed by atoms with Gasteiger partial charge in [0, 0.05) is 33.2 Å². The third-order valence-electron chi connectivity index (χ3n) is 6.11. The Labute approximate surface area is 184 Å². The minimum atomic E-state index is -0.272. The van der Waals surface area contributed by atoms with Gasteiger partial charge >= 0.3 is 0 Å². The second-order valence-electron chi connectivity index (χ2n) is 8.18. The standard InChI is InChI=1S/C22H26N6O2S/c1-26-20(30)17-19(25-21(26)27-11-5-6-12-27)31-22(24-17)28-13-7-10-16(28)18(29)23-14-15-8-3-2-4-9-15/h2-4,8-9,16H,5-7,10-14H2,1H3,(H,23,29). The van der Waals surface area contributed by atoms with Gasteiger partial charge in [0.2, 0.25) is 11.9 Å². The van der Waals surface area contributed by atoms with Crippen LogP contribution in [0.15, 0.2) is 35.1 Å². The molecule has 0 saturated carbocycles. The van der Waals surface area contributed by atoms with Crippen molar-refractivity contribution in [2.45, 2.75) is 38.3 Å². The number of rotatable bonds is 5. The first kappa shape index (κ1) is 20.0. The Bertz CT molecular complexity index is 1150. The summed E-state index contributed by atoms with van der Waals surface area (Å²) in [7, 11) is 1.76. The van der Waals surface area contributed by atoms with Crippen LogP contribution >= 0.6 is 11.3 Å². The van der Waals surface area contributed by atoms with Crippen LogP contribution in [0.25, 0.3) is 10.3 Å². The van der Waals surface area contributed by atoms with Gasteiger partial charge in [-0.25, -0.2) is 9.97 Å². The van der Waals surface area contributed by atoms with E-state index >= 15 is 0 Å². The van der Waals surface area contributed by atoms with Gasteiger partial charge in [-0.1, -0.05) is 41.7 Å². The number of nitrogens with zero attached hydrogens (tertiary/aromatic N) is 5. The molecule has 162 valence electrons. The summed E-state index contributed by atoms with van der Waals surface area (Å²) in [6, 6.07) is 9.62. The molecule has 9 heteroatoms. The zero-order valence-corrected chi connectivity index (χ0v) is 18.4. The van der Waals surface area contributed by atoms with Crippen LogP contribution in [0.4, 0.5) is 11.1 Å². The van der Waals surface area contributed by atoms with Crippen LogP contribution in [-0.2, 0) is 18.4 Å². The number of carbonyl (C=O) groups is 1. The number of thiazole rings is 1. The second kappa shape index (κ2) is 8.30. The monoisotopic (exact) mass is 438 g/mol. The number of carbonyl (C=O) groups excluding carboxylic acids is 1. The molecule has 4 heterocycles. The van der Waals surface area contributed by atoms with E-state index in [1.165, 1.54) is 11.3 Å². The highest BCUT2D eigenvalue weighted by Crippen LogP contribution is 2.32. The number of benzene rings is 1. The zero-order valence-electron chi connectivity index (χ0n) is 17.6. The maximum atomic E-state index is 13.0. The smallest absolute Gasteiger partial charge is 0.282 e. The molecule has 0 aliphatic carbocycles. The Hall–Kier alpha value is -2.94. The predicted molar refractivity (Wildman–Crippen MR) is 123 cm³/mol. The van der Waals surface area contributed by atoms with E-state index in [4.69, 9.17) is 4.98 Å². The van der Waals surface area contributed by atoms with Crippen molar-refractivity contribution in [2.24, 2.45) is 7.05 Å². The van der Waals surface area contributed by atoms with Crippen molar-refractivity contribution < 1.29 is 4.79 Å². The Balaban J connectivity index is 1.39. The van der Waals surface area contributed by atoms with Crippen LogP contribution < -0.4 is 20.7 Å². The number of hydrogen-bond donors (Lipinski definition) is 1. The molecule has 5 rings (SSSR count). The molecule has 2 aromatic heterocycles. The van der Waals surface area contributed by atoms with E-state index in [1.54, 1.807) is 11.6 Å². The molecule has 31 heavy (non-hydrogen) atoms. The maximum absolute atomic E-state index is 13.0. The molecule has 1 N–H and O–H groups in total. The van der Waals surface area contributed by atoms with Crippen LogP contribution in [0.2, 0.25) is 0 Å². The number of fused-ring (bicyclic) bond motifs is 1. The molecule has 2 fully saturated rings. The number of anilines is 2. The van der Waals surface area contributed by atoms with Gasteiger partial charge in [0.1, 0.15) is 6.04 Å². The van der Waals surface area contributed by atoms with Crippen LogP contribution in [0.3, 0.4) is 0 Å². The topological polar surface area (TPSA) is 83.4 Å². The molecule has 2 aliphatic rings. The lowest BCUT2D eigenvalue weighted by molar-refractivity contribution is -0.122. The minimum absolute atomic E-state index is 0.000716. The number of nitrogens with one attached hydrogen (secondary N) is 1. The summed E-state index contributed by atoms with van der Waals surface area (Å²) in [6.45, 7) is 3.11. The van der Waals surface area contributed by atoms with E-state index in [1.807, 2.05) is 35.2 Å². The van der Waals surface area contributed by atoms with Crippen LogP contribution in [0, 0.1) is 0 Å². The average molecular weight is 439 g/mol. The Morgan fingerprint density at radius 1 is 1.13 bits per heavy atom. The van der Waals surface area contributed by atoms with E-state index in [9.17, 15) is 9.59 Å². The average Bonchev–Trinajstić information content (AvgIpc) is 3.55. The molecule has 1 atom stereocenters. The summed E-state index contributed by atoms with van der Waals surface area (Å²) in [6.07, 6.45) is 3.94. The van der Waals surface area contributed by atoms with Crippen molar-refractivity contribution in [2.75, 3.05) is 29.4 Å². The van der Waals surface area contributed by atoms with E-state index in [2.05, 4.69) is 15.2 Å². The highest BCUT2D eigenvalue weighted by molar-refractivity contribution is 7.21. The van der Waals surface area contributed by atoms with Gasteiger partial charge in [-0.2, -0.15) is 0 Å². The van der Waals surface area contributed by atoms with Crippen molar-refractivity contribution in [1.29, 1.82) is 0 Å². The van der Waals surface area contributed by atoms with Gasteiger partial charge in [0.15, 0.2) is 15.5 Å². The number of hydrogen-bond acceptors (Lipinski definition) is 7. The Kier molecular flexibility index (Phi) is 5.35. The lowest BCUT2D eigenvalue weighted by atomic mass is 10.2. The summed E-state index contributed by atoms with van der Waals surface area (Å²) in [5.74, 6) is 0.711. The van der Waals surface area contributed by atoms with Crippen molar-refractivity contribution in [3.8, 4) is 0 Å². The molecule has 1 unspecified atom stereocenters. The van der Waals surface area contributed by atoms with Crippen LogP contribution in [0.5, 0.6) is 0 Å². The fourth-order valence-corrected chi connectivity index (χ4v) is 5.43. The molecule has 2 aliphatic heterocycles. The normalized spacial score (nSPS) is 18.8. The van der Waals surface area contributed by atoms with Gasteiger partial charge in [-0.3, -0.25) is 14.2 Å². The van der Waals surface area contributed by atoms with E-state index in [0.29, 0.717) is 28.0 Å². The van der Waals surface area contributed by atoms with E-state index in [0.717, 1.165) is 50.9 Å². The predicted octanol–water partition coefficient (Wildman–Crippen LogP) is 2.28. The lowest BCUT2D eigenvalue weighted by Gasteiger charge is -2.23. The van der Waals surface area contributed by atoms with Gasteiger partial charge in [0.05, 0.1) is 0 Å². The summed E-state index contributed by atoms with van der Waals surface area (Å²) in [5, 5.41) is 3.75. The van der Waals surface area contributed by atoms with Gasteiger partial charge in [0.25, 0.3) is 5.56 Å². The first-order valence-corrected chi connectivity index (χ1v) is 11.6. The largest absolute Gasteiger partial charge is 0.350 e. The Morgan fingerprint density at radius 3 is 2.68 bits per heavy atom. The maximum Gasteiger partial charge on any atom is 0.282 e. The molecule has 1 aromatic carbocycles. The number of aromatic nitrogens is 3. The molecule has 0 bridgehead atoms. The molecular formula is C22H26N6O2S. The summed E-state index contributed by atoms with van der Waals surface area (Å²) >= 11 is 1.41. The van der Waals surface area contributed by atoms with E-state index < -0.39 is 0 Å². The highest BCUT2D eigenvalue weighted by atomic mass is 32.1. The van der Waals surface area contributed by atoms with Gasteiger partial charge in [-0.15, -0.1) is 0 Å². The first-order chi connectivity index (χ1) is 15.1. The van der Waals surface area contributed by atoms with E-state index in [-0.39, 0.29) is 17.5 Å². The third-order valence-corrected chi connectivity index (χ3v) is 7.09. The fraction of sp³-hybridized carbons (Fsp3) is 0.455. The van der Waals surface area contributed by atoms with Crippen molar-refractivity contribution in [1.82, 2.24) is 19.9 Å². The summed E-state index contributed by atoms with van der Waals surface area (Å²) in [4.78, 5) is 40.1. The first-order valence-electron chi connectivity index (χ1n) is 10.8. The quantitative estimate of drug-likeness (QED) is 0.658. The second-order valence-corrected chi connectivity index (χ2v) is 9.13. The fourth-order valence-electron chi connectivity index (χ4n) is 4.43. The third kappa shape index (κ3) is 3.78. The van der Waals surface area contributed by atoms with Crippen LogP contribution in [0.1, 0.15) is 31.2 Å². The summed E-state index contributed by atoms with van der Waals surface area (Å²) < 4.78 is 1.60. The van der Waals surface area contributed by atoms with Gasteiger partial charge < -0.3 is 15.1 Å². The molecule has 0 radical (unpaired) electrons. The van der Waals surface area contributed by atoms with Gasteiger partial charge in [-0.05, 0) is 31.2 Å². The SMILES string of the molecule is Cn1c(N2CCCC2)nc2sc(N3CCCC3C(=O)NCc3ccccc3)nc2c1=O. The Morgan fingerprint density at radius 2 is 1.90 bits per heavy atom. The minimum Gasteiger partial charge on any atom is -0.350 e. The van der Waals surface area contributed by atoms with Crippen molar-refractivity contribution in [3.05, 3.63) is 46.2 Å². The molecular weight excluding hydrogens is 412 g/mol. The molecule has 8 nitrogen and oxygen atoms in total. The lowest BCUT2D eigenvalue weighted by Crippen LogP contribution is -2.43. The molecule has 0 spiro atoms. The molecule has 3 aromatic rings. The summed E-state index contributed by atoms with van der Waals surface area (Å²) in [5.41, 5.74) is 1.34.